The summed E-state index contributed by atoms with van der Waals surface area (Å²) in [6.45, 7) is 0.281. The third kappa shape index (κ3) is 4.48. The van der Waals surface area contributed by atoms with Crippen LogP contribution in [0.4, 0.5) is 0 Å². The van der Waals surface area contributed by atoms with Gasteiger partial charge in [0.1, 0.15) is 10.6 Å². The molecule has 0 radical (unpaired) electrons. The number of amides is 1. The Labute approximate surface area is 197 Å². The van der Waals surface area contributed by atoms with Crippen molar-refractivity contribution in [1.29, 1.82) is 0 Å². The first kappa shape index (κ1) is 23.0. The van der Waals surface area contributed by atoms with Gasteiger partial charge in [-0.2, -0.15) is 0 Å². The zero-order valence-corrected chi connectivity index (χ0v) is 19.2. The highest BCUT2D eigenvalue weighted by Crippen LogP contribution is 2.22. The lowest BCUT2D eigenvalue weighted by Crippen LogP contribution is -2.38. The lowest BCUT2D eigenvalue weighted by atomic mass is 10.1. The number of aromatic carboxylic acids is 1. The molecule has 2 aromatic heterocycles. The number of carboxylic acids is 1. The van der Waals surface area contributed by atoms with Gasteiger partial charge in [-0.25, -0.2) is 9.59 Å². The summed E-state index contributed by atoms with van der Waals surface area (Å²) in [6.07, 6.45) is 0. The Morgan fingerprint density at radius 3 is 2.29 bits per heavy atom. The zero-order chi connectivity index (χ0) is 24.4. The van der Waals surface area contributed by atoms with Crippen molar-refractivity contribution < 1.29 is 19.4 Å². The molecule has 0 bridgehead atoms. The molecule has 2 heterocycles. The maximum Gasteiger partial charge on any atom is 0.335 e. The Balaban J connectivity index is 1.60. The van der Waals surface area contributed by atoms with Gasteiger partial charge in [-0.1, -0.05) is 24.3 Å². The molecule has 0 aliphatic rings. The molecule has 2 aromatic carbocycles. The first-order chi connectivity index (χ1) is 16.3. The van der Waals surface area contributed by atoms with Crippen LogP contribution >= 0.6 is 11.3 Å². The summed E-state index contributed by atoms with van der Waals surface area (Å²) in [6, 6.07) is 14.7. The van der Waals surface area contributed by atoms with Gasteiger partial charge in [0.15, 0.2) is 0 Å². The van der Waals surface area contributed by atoms with Crippen molar-refractivity contribution in [2.75, 3.05) is 7.11 Å². The van der Waals surface area contributed by atoms with Crippen LogP contribution in [-0.2, 0) is 20.1 Å². The number of rotatable bonds is 7. The van der Waals surface area contributed by atoms with Gasteiger partial charge in [-0.15, -0.1) is 11.3 Å². The number of methoxy groups -OCH3 is 1. The summed E-state index contributed by atoms with van der Waals surface area (Å²) in [5.74, 6) is -0.689. The molecule has 0 unspecified atom stereocenters. The fourth-order valence-corrected chi connectivity index (χ4v) is 4.50. The number of hydrogen-bond donors (Lipinski definition) is 2. The van der Waals surface area contributed by atoms with Crippen LogP contribution in [0.25, 0.3) is 10.2 Å². The number of hydrogen-bond acceptors (Lipinski definition) is 6. The normalized spacial score (nSPS) is 10.9. The smallest absolute Gasteiger partial charge is 0.335 e. The molecule has 1 amide bonds. The Bertz CT molecular complexity index is 1500. The van der Waals surface area contributed by atoms with Crippen LogP contribution in [0.1, 0.15) is 31.2 Å². The molecule has 2 N–H and O–H groups in total. The number of nitrogens with zero attached hydrogens (tertiary/aromatic N) is 2. The third-order valence-corrected chi connectivity index (χ3v) is 6.60. The van der Waals surface area contributed by atoms with E-state index in [1.807, 2.05) is 12.1 Å². The number of benzene rings is 2. The molecule has 0 spiro atoms. The molecular weight excluding hydrogens is 458 g/mol. The standard InChI is InChI=1S/C24H21N3O6S/c1-26-22-18(11-19(34-22)20(28)25-12-14-5-9-17(33-2)10-6-14)21(29)27(24(26)32)13-15-3-7-16(8-4-15)23(30)31/h3-11H,12-13H2,1-2H3,(H,25,28)(H,30,31). The van der Waals surface area contributed by atoms with Gasteiger partial charge in [0, 0.05) is 13.6 Å². The molecule has 0 fully saturated rings. The topological polar surface area (TPSA) is 120 Å². The van der Waals surface area contributed by atoms with Crippen molar-refractivity contribution in [2.24, 2.45) is 7.05 Å². The summed E-state index contributed by atoms with van der Waals surface area (Å²) in [4.78, 5) is 50.4. The van der Waals surface area contributed by atoms with Gasteiger partial charge < -0.3 is 15.2 Å². The first-order valence-electron chi connectivity index (χ1n) is 10.2. The van der Waals surface area contributed by atoms with Crippen LogP contribution in [0, 0.1) is 0 Å². The molecule has 0 aliphatic heterocycles. The molecule has 9 nitrogen and oxygen atoms in total. The SMILES string of the molecule is COc1ccc(CNC(=O)c2cc3c(=O)n(Cc4ccc(C(=O)O)cc4)c(=O)n(C)c3s2)cc1. The van der Waals surface area contributed by atoms with Crippen LogP contribution in [-0.4, -0.2) is 33.2 Å². The zero-order valence-electron chi connectivity index (χ0n) is 18.4. The van der Waals surface area contributed by atoms with Crippen LogP contribution < -0.4 is 21.3 Å². The molecule has 10 heteroatoms. The van der Waals surface area contributed by atoms with E-state index in [9.17, 15) is 19.2 Å². The number of aromatic nitrogens is 2. The number of thiophene rings is 1. The van der Waals surface area contributed by atoms with E-state index in [1.54, 1.807) is 38.4 Å². The van der Waals surface area contributed by atoms with E-state index in [-0.39, 0.29) is 23.4 Å². The van der Waals surface area contributed by atoms with Crippen LogP contribution in [0.5, 0.6) is 5.75 Å². The highest BCUT2D eigenvalue weighted by Gasteiger charge is 2.18. The lowest BCUT2D eigenvalue weighted by Gasteiger charge is -2.08. The number of fused-ring (bicyclic) bond motifs is 1. The Kier molecular flexibility index (Phi) is 6.33. The largest absolute Gasteiger partial charge is 0.497 e. The van der Waals surface area contributed by atoms with Crippen LogP contribution in [0.3, 0.4) is 0 Å². The summed E-state index contributed by atoms with van der Waals surface area (Å²) in [5.41, 5.74) is 0.579. The van der Waals surface area contributed by atoms with E-state index in [2.05, 4.69) is 5.32 Å². The van der Waals surface area contributed by atoms with Crippen molar-refractivity contribution in [1.82, 2.24) is 14.5 Å². The number of nitrogens with one attached hydrogen (secondary N) is 1. The minimum absolute atomic E-state index is 0.0177. The van der Waals surface area contributed by atoms with Crippen molar-refractivity contribution in [2.45, 2.75) is 13.1 Å². The van der Waals surface area contributed by atoms with E-state index in [1.165, 1.54) is 22.8 Å². The fraction of sp³-hybridized carbons (Fsp3) is 0.167. The maximum absolute atomic E-state index is 13.1. The molecule has 0 aliphatic carbocycles. The highest BCUT2D eigenvalue weighted by molar-refractivity contribution is 7.20. The van der Waals surface area contributed by atoms with Crippen molar-refractivity contribution in [3.63, 3.8) is 0 Å². The monoisotopic (exact) mass is 479 g/mol. The van der Waals surface area contributed by atoms with Gasteiger partial charge >= 0.3 is 11.7 Å². The van der Waals surface area contributed by atoms with Gasteiger partial charge in [0.05, 0.1) is 29.5 Å². The van der Waals surface area contributed by atoms with Crippen molar-refractivity contribution >= 4 is 33.4 Å². The Morgan fingerprint density at radius 1 is 1.03 bits per heavy atom. The summed E-state index contributed by atoms with van der Waals surface area (Å²) >= 11 is 1.07. The van der Waals surface area contributed by atoms with Crippen LogP contribution in [0.15, 0.2) is 64.2 Å². The highest BCUT2D eigenvalue weighted by atomic mass is 32.1. The average molecular weight is 480 g/mol. The van der Waals surface area contributed by atoms with E-state index in [0.717, 1.165) is 27.2 Å². The maximum atomic E-state index is 13.1. The molecule has 0 atom stereocenters. The number of carbonyl (C=O) groups excluding carboxylic acids is 1. The van der Waals surface area contributed by atoms with Crippen LogP contribution in [0.2, 0.25) is 0 Å². The molecule has 34 heavy (non-hydrogen) atoms. The average Bonchev–Trinajstić information content (AvgIpc) is 3.30. The van der Waals surface area contributed by atoms with E-state index in [4.69, 9.17) is 9.84 Å². The molecule has 4 rings (SSSR count). The van der Waals surface area contributed by atoms with E-state index < -0.39 is 17.2 Å². The summed E-state index contributed by atoms with van der Waals surface area (Å²) in [7, 11) is 3.12. The number of ether oxygens (including phenoxy) is 1. The van der Waals surface area contributed by atoms with Gasteiger partial charge in [-0.05, 0) is 41.5 Å². The second kappa shape index (κ2) is 9.36. The van der Waals surface area contributed by atoms with Gasteiger partial charge in [0.25, 0.3) is 11.5 Å². The molecule has 0 saturated carbocycles. The Hall–Kier alpha value is -4.18. The molecular formula is C24H21N3O6S. The minimum Gasteiger partial charge on any atom is -0.497 e. The lowest BCUT2D eigenvalue weighted by molar-refractivity contribution is 0.0696. The number of aryl methyl sites for hydroxylation is 1. The van der Waals surface area contributed by atoms with E-state index >= 15 is 0 Å². The Morgan fingerprint density at radius 2 is 1.68 bits per heavy atom. The molecule has 0 saturated heterocycles. The summed E-state index contributed by atoms with van der Waals surface area (Å²) < 4.78 is 7.54. The van der Waals surface area contributed by atoms with Gasteiger partial charge in [0.2, 0.25) is 0 Å². The quantitative estimate of drug-likeness (QED) is 0.420. The number of carbonyl (C=O) groups is 2. The summed E-state index contributed by atoms with van der Waals surface area (Å²) in [5, 5.41) is 12.1. The first-order valence-corrected chi connectivity index (χ1v) is 11.1. The number of carboxylic acid groups (broad SMARTS) is 1. The second-order valence-corrected chi connectivity index (χ2v) is 8.63. The molecule has 174 valence electrons. The van der Waals surface area contributed by atoms with E-state index in [0.29, 0.717) is 21.8 Å². The minimum atomic E-state index is -1.06. The second-order valence-electron chi connectivity index (χ2n) is 7.60. The fourth-order valence-electron chi connectivity index (χ4n) is 3.48. The predicted octanol–water partition coefficient (Wildman–Crippen LogP) is 2.45. The third-order valence-electron chi connectivity index (χ3n) is 5.39. The predicted molar refractivity (Wildman–Crippen MR) is 128 cm³/mol. The van der Waals surface area contributed by atoms with Gasteiger partial charge in [-0.3, -0.25) is 18.7 Å². The van der Waals surface area contributed by atoms with Crippen molar-refractivity contribution in [3.8, 4) is 5.75 Å². The molecule has 4 aromatic rings. The van der Waals surface area contributed by atoms with Crippen molar-refractivity contribution in [3.05, 3.63) is 97.0 Å².